The normalized spacial score (nSPS) is 18.9. The molecule has 1 aliphatic carbocycles. The van der Waals surface area contributed by atoms with Gasteiger partial charge in [0.1, 0.15) is 5.76 Å². The van der Waals surface area contributed by atoms with E-state index in [4.69, 9.17) is 4.42 Å². The molecule has 13 heavy (non-hydrogen) atoms. The molecule has 1 heterocycles. The second kappa shape index (κ2) is 3.45. The molecule has 1 aromatic heterocycles. The van der Waals surface area contributed by atoms with Crippen molar-refractivity contribution in [2.45, 2.75) is 43.4 Å². The van der Waals surface area contributed by atoms with E-state index in [0.717, 1.165) is 16.8 Å². The zero-order valence-electron chi connectivity index (χ0n) is 7.85. The molecule has 1 fully saturated rings. The average molecular weight is 244 g/mol. The summed E-state index contributed by atoms with van der Waals surface area (Å²) in [5.74, 6) is 1.13. The predicted octanol–water partition coefficient (Wildman–Crippen LogP) is 3.40. The first-order valence-corrected chi connectivity index (χ1v) is 5.93. The molecule has 1 saturated carbocycles. The van der Waals surface area contributed by atoms with Gasteiger partial charge >= 0.3 is 0 Å². The fraction of sp³-hybridized carbons (Fsp3) is 0.700. The van der Waals surface area contributed by atoms with Crippen LogP contribution in [0.2, 0.25) is 0 Å². The molecule has 2 rings (SSSR count). The van der Waals surface area contributed by atoms with Crippen molar-refractivity contribution < 1.29 is 4.42 Å². The molecule has 0 amide bonds. The van der Waals surface area contributed by atoms with Crippen LogP contribution in [-0.2, 0) is 10.7 Å². The van der Waals surface area contributed by atoms with Crippen molar-refractivity contribution in [3.8, 4) is 0 Å². The van der Waals surface area contributed by atoms with Crippen LogP contribution in [0.1, 0.15) is 44.1 Å². The number of alkyl halides is 1. The van der Waals surface area contributed by atoms with Gasteiger partial charge in [-0.3, -0.25) is 0 Å². The molecule has 0 unspecified atom stereocenters. The molecule has 0 N–H and O–H groups in total. The van der Waals surface area contributed by atoms with Gasteiger partial charge in [0.05, 0.1) is 5.69 Å². The lowest BCUT2D eigenvalue weighted by Crippen LogP contribution is -2.07. The van der Waals surface area contributed by atoms with E-state index >= 15 is 0 Å². The molecule has 1 aromatic rings. The Bertz CT molecular complexity index is 291. The Morgan fingerprint density at radius 1 is 1.62 bits per heavy atom. The maximum Gasteiger partial charge on any atom is 0.181 e. The van der Waals surface area contributed by atoms with Gasteiger partial charge < -0.3 is 4.42 Å². The Balaban J connectivity index is 2.24. The fourth-order valence-corrected chi connectivity index (χ4v) is 2.42. The van der Waals surface area contributed by atoms with Gasteiger partial charge in [0.15, 0.2) is 6.39 Å². The van der Waals surface area contributed by atoms with E-state index in [-0.39, 0.29) is 0 Å². The first-order valence-electron chi connectivity index (χ1n) is 4.81. The third-order valence-corrected chi connectivity index (χ3v) is 3.36. The van der Waals surface area contributed by atoms with Crippen molar-refractivity contribution in [3.05, 3.63) is 17.8 Å². The third kappa shape index (κ3) is 1.54. The van der Waals surface area contributed by atoms with E-state index in [1.165, 1.54) is 25.7 Å². The Morgan fingerprint density at radius 3 is 2.92 bits per heavy atom. The van der Waals surface area contributed by atoms with E-state index in [9.17, 15) is 0 Å². The van der Waals surface area contributed by atoms with Crippen LogP contribution in [0.3, 0.4) is 0 Å². The topological polar surface area (TPSA) is 26.0 Å². The van der Waals surface area contributed by atoms with E-state index in [1.807, 2.05) is 0 Å². The molecule has 1 aliphatic rings. The van der Waals surface area contributed by atoms with Gasteiger partial charge in [-0.05, 0) is 19.3 Å². The van der Waals surface area contributed by atoms with Crippen molar-refractivity contribution in [3.63, 3.8) is 0 Å². The molecule has 0 spiro atoms. The van der Waals surface area contributed by atoms with Crippen LogP contribution in [0, 0.1) is 0 Å². The first kappa shape index (κ1) is 9.25. The number of rotatable bonds is 4. The second-order valence-electron chi connectivity index (χ2n) is 3.79. The van der Waals surface area contributed by atoms with Gasteiger partial charge in [-0.15, -0.1) is 0 Å². The number of oxazole rings is 1. The van der Waals surface area contributed by atoms with Crippen LogP contribution in [0.15, 0.2) is 10.8 Å². The number of nitrogens with zero attached hydrogens (tertiary/aromatic N) is 1. The highest BCUT2D eigenvalue weighted by atomic mass is 79.9. The van der Waals surface area contributed by atoms with E-state index in [1.54, 1.807) is 6.39 Å². The third-order valence-electron chi connectivity index (χ3n) is 2.83. The smallest absolute Gasteiger partial charge is 0.181 e. The molecule has 0 aliphatic heterocycles. The minimum atomic E-state index is 0.356. The van der Waals surface area contributed by atoms with Gasteiger partial charge in [-0.2, -0.15) is 0 Å². The minimum absolute atomic E-state index is 0.356. The minimum Gasteiger partial charge on any atom is -0.448 e. The second-order valence-corrected chi connectivity index (χ2v) is 4.35. The summed E-state index contributed by atoms with van der Waals surface area (Å²) < 4.78 is 5.49. The van der Waals surface area contributed by atoms with Gasteiger partial charge in [0, 0.05) is 10.7 Å². The molecule has 0 bridgehead atoms. The highest BCUT2D eigenvalue weighted by Gasteiger charge is 2.47. The van der Waals surface area contributed by atoms with Crippen molar-refractivity contribution in [1.82, 2.24) is 4.98 Å². The summed E-state index contributed by atoms with van der Waals surface area (Å²) in [4.78, 5) is 4.21. The summed E-state index contributed by atoms with van der Waals surface area (Å²) in [5.41, 5.74) is 1.44. The van der Waals surface area contributed by atoms with Gasteiger partial charge in [-0.25, -0.2) is 4.98 Å². The van der Waals surface area contributed by atoms with Crippen LogP contribution in [0.25, 0.3) is 0 Å². The number of halogens is 1. The molecule has 0 radical (unpaired) electrons. The summed E-state index contributed by atoms with van der Waals surface area (Å²) in [6.45, 7) is 2.23. The Morgan fingerprint density at radius 2 is 2.38 bits per heavy atom. The SMILES string of the molecule is CCCC1(c2ocnc2CBr)CC1. The lowest BCUT2D eigenvalue weighted by molar-refractivity contribution is 0.426. The van der Waals surface area contributed by atoms with Crippen LogP contribution >= 0.6 is 15.9 Å². The van der Waals surface area contributed by atoms with Crippen LogP contribution in [-0.4, -0.2) is 4.98 Å². The Kier molecular flexibility index (Phi) is 2.45. The highest BCUT2D eigenvalue weighted by Crippen LogP contribution is 2.52. The largest absolute Gasteiger partial charge is 0.448 e. The van der Waals surface area contributed by atoms with E-state index < -0.39 is 0 Å². The zero-order chi connectivity index (χ0) is 9.31. The van der Waals surface area contributed by atoms with Crippen LogP contribution in [0.5, 0.6) is 0 Å². The molecular weight excluding hydrogens is 230 g/mol. The lowest BCUT2D eigenvalue weighted by Gasteiger charge is -2.10. The molecule has 0 saturated heterocycles. The summed E-state index contributed by atoms with van der Waals surface area (Å²) in [7, 11) is 0. The molecule has 72 valence electrons. The van der Waals surface area contributed by atoms with Crippen molar-refractivity contribution >= 4 is 15.9 Å². The highest BCUT2D eigenvalue weighted by molar-refractivity contribution is 9.08. The summed E-state index contributed by atoms with van der Waals surface area (Å²) >= 11 is 3.44. The molecule has 0 atom stereocenters. The van der Waals surface area contributed by atoms with E-state index in [0.29, 0.717) is 5.41 Å². The first-order chi connectivity index (χ1) is 6.32. The van der Waals surface area contributed by atoms with Crippen molar-refractivity contribution in [2.75, 3.05) is 0 Å². The quantitative estimate of drug-likeness (QED) is 0.758. The Labute approximate surface area is 86.9 Å². The summed E-state index contributed by atoms with van der Waals surface area (Å²) in [6, 6.07) is 0. The summed E-state index contributed by atoms with van der Waals surface area (Å²) in [5, 5.41) is 0.810. The van der Waals surface area contributed by atoms with E-state index in [2.05, 4.69) is 27.8 Å². The van der Waals surface area contributed by atoms with Crippen molar-refractivity contribution in [2.24, 2.45) is 0 Å². The maximum absolute atomic E-state index is 5.49. The Hall–Kier alpha value is -0.310. The van der Waals surface area contributed by atoms with Gasteiger partial charge in [-0.1, -0.05) is 29.3 Å². The van der Waals surface area contributed by atoms with Crippen LogP contribution in [0.4, 0.5) is 0 Å². The predicted molar refractivity (Wildman–Crippen MR) is 55.0 cm³/mol. The average Bonchev–Trinajstić information content (AvgIpc) is 2.77. The van der Waals surface area contributed by atoms with Gasteiger partial charge in [0.2, 0.25) is 0 Å². The van der Waals surface area contributed by atoms with Gasteiger partial charge in [0.25, 0.3) is 0 Å². The van der Waals surface area contributed by atoms with Crippen LogP contribution < -0.4 is 0 Å². The molecular formula is C10H14BrNO. The number of hydrogen-bond donors (Lipinski definition) is 0. The molecule has 0 aromatic carbocycles. The number of hydrogen-bond acceptors (Lipinski definition) is 2. The molecule has 2 nitrogen and oxygen atoms in total. The zero-order valence-corrected chi connectivity index (χ0v) is 9.43. The fourth-order valence-electron chi connectivity index (χ4n) is 2.02. The maximum atomic E-state index is 5.49. The monoisotopic (exact) mass is 243 g/mol. The summed E-state index contributed by atoms with van der Waals surface area (Å²) in [6.07, 6.45) is 6.58. The standard InChI is InChI=1S/C10H14BrNO/c1-2-3-10(4-5-10)9-8(6-11)12-7-13-9/h7H,2-6H2,1H3. The van der Waals surface area contributed by atoms with Crippen molar-refractivity contribution in [1.29, 1.82) is 0 Å². The lowest BCUT2D eigenvalue weighted by atomic mass is 9.96. The number of aromatic nitrogens is 1. The molecule has 3 heteroatoms.